The summed E-state index contributed by atoms with van der Waals surface area (Å²) in [6.45, 7) is 20.7. The first kappa shape index (κ1) is 35.4. The molecule has 46 heavy (non-hydrogen) atoms. The van der Waals surface area contributed by atoms with Gasteiger partial charge < -0.3 is 14.4 Å². The maximum absolute atomic E-state index is 6.13. The summed E-state index contributed by atoms with van der Waals surface area (Å²) in [6.07, 6.45) is 4.99. The maximum Gasteiger partial charge on any atom is 0.216 e. The van der Waals surface area contributed by atoms with E-state index in [0.717, 1.165) is 51.0 Å². The van der Waals surface area contributed by atoms with E-state index in [0.29, 0.717) is 17.5 Å². The molecular weight excluding hydrogens is 759 g/mol. The number of hydrogen-bond donors (Lipinski definition) is 0. The summed E-state index contributed by atoms with van der Waals surface area (Å²) in [5.74, 6) is 0.932. The van der Waals surface area contributed by atoms with Crippen molar-refractivity contribution in [2.45, 2.75) is 73.5 Å². The molecule has 4 nitrogen and oxygen atoms in total. The van der Waals surface area contributed by atoms with Crippen molar-refractivity contribution in [2.75, 3.05) is 0 Å². The molecule has 0 aliphatic rings. The molecule has 6 heteroatoms. The third-order valence-electron chi connectivity index (χ3n) is 8.21. The van der Waals surface area contributed by atoms with Crippen LogP contribution in [0.4, 0.5) is 0 Å². The Morgan fingerprint density at radius 1 is 0.826 bits per heavy atom. The van der Waals surface area contributed by atoms with E-state index in [1.807, 2.05) is 48.5 Å². The number of hydrogen-bond acceptors (Lipinski definition) is 4. The third-order valence-corrected chi connectivity index (χ3v) is 10.3. The summed E-state index contributed by atoms with van der Waals surface area (Å²) in [7, 11) is -1.37. The van der Waals surface area contributed by atoms with Gasteiger partial charge in [-0.3, -0.25) is 0 Å². The largest absolute Gasteiger partial charge is 0.486 e. The van der Waals surface area contributed by atoms with Gasteiger partial charge >= 0.3 is 0 Å². The number of furan rings is 1. The van der Waals surface area contributed by atoms with Gasteiger partial charge in [0.1, 0.15) is 0 Å². The summed E-state index contributed by atoms with van der Waals surface area (Å²) in [5, 5.41) is 3.58. The Bertz CT molecular complexity index is 1890. The van der Waals surface area contributed by atoms with Crippen LogP contribution in [0.5, 0.6) is 0 Å². The number of fused-ring (bicyclic) bond motifs is 3. The molecule has 0 fully saturated rings. The molecule has 0 spiro atoms. The molecule has 0 aliphatic heterocycles. The molecule has 1 unspecified atom stereocenters. The van der Waals surface area contributed by atoms with E-state index in [1.54, 1.807) is 6.20 Å². The second kappa shape index (κ2) is 14.5. The standard InChI is InChI=1S/C21H19N2O.C19H26NSi.Ir/c1-13(2)14(3)18-11-10-16-15-7-6-8-17(19-9-4-5-12-22-19)20(15)24-21(16)23-18;1-19(2,3)13-16-12-17(15-10-8-7-9-11-15)20-14-18(16)21(4,5)6;/h4-7,9-14H,1-3H3;7-10,12,14H,13H2,1-6H3;/q2*-1;. The molecule has 0 saturated heterocycles. The van der Waals surface area contributed by atoms with Crippen LogP contribution in [0.15, 0.2) is 89.6 Å². The smallest absolute Gasteiger partial charge is 0.216 e. The Morgan fingerprint density at radius 2 is 1.59 bits per heavy atom. The summed E-state index contributed by atoms with van der Waals surface area (Å²) in [6, 6.07) is 30.9. The van der Waals surface area contributed by atoms with Crippen LogP contribution in [0.3, 0.4) is 0 Å². The van der Waals surface area contributed by atoms with Crippen LogP contribution in [0, 0.1) is 23.5 Å². The normalized spacial score (nSPS) is 12.5. The van der Waals surface area contributed by atoms with Gasteiger partial charge in [-0.2, -0.15) is 0 Å². The van der Waals surface area contributed by atoms with Crippen LogP contribution >= 0.6 is 0 Å². The zero-order valence-corrected chi connectivity index (χ0v) is 31.9. The fourth-order valence-electron chi connectivity index (χ4n) is 5.52. The monoisotopic (exact) mass is 804 g/mol. The Balaban J connectivity index is 0.000000207. The number of benzene rings is 2. The van der Waals surface area contributed by atoms with Crippen molar-refractivity contribution >= 4 is 35.3 Å². The quantitative estimate of drug-likeness (QED) is 0.124. The minimum atomic E-state index is -1.37. The average Bonchev–Trinajstić information content (AvgIpc) is 3.38. The van der Waals surface area contributed by atoms with E-state index in [4.69, 9.17) is 14.4 Å². The van der Waals surface area contributed by atoms with Gasteiger partial charge in [0.05, 0.1) is 13.7 Å². The molecule has 6 rings (SSSR count). The fraction of sp³-hybridized carbons (Fsp3) is 0.325. The summed E-state index contributed by atoms with van der Waals surface area (Å²) in [5.41, 5.74) is 8.16. The molecule has 241 valence electrons. The zero-order chi connectivity index (χ0) is 32.4. The van der Waals surface area contributed by atoms with Gasteiger partial charge in [-0.1, -0.05) is 95.9 Å². The second-order valence-electron chi connectivity index (χ2n) is 14.5. The molecule has 4 heterocycles. The van der Waals surface area contributed by atoms with Crippen molar-refractivity contribution < 1.29 is 24.5 Å². The summed E-state index contributed by atoms with van der Waals surface area (Å²) >= 11 is 0. The third kappa shape index (κ3) is 8.28. The number of rotatable bonds is 6. The molecule has 6 aromatic rings. The van der Waals surface area contributed by atoms with Gasteiger partial charge in [0.25, 0.3) is 0 Å². The van der Waals surface area contributed by atoms with Gasteiger partial charge in [0, 0.05) is 49.5 Å². The topological polar surface area (TPSA) is 51.8 Å². The van der Waals surface area contributed by atoms with Crippen molar-refractivity contribution in [2.24, 2.45) is 11.3 Å². The fourth-order valence-corrected chi connectivity index (χ4v) is 7.10. The van der Waals surface area contributed by atoms with Crippen molar-refractivity contribution in [1.29, 1.82) is 0 Å². The number of nitrogens with zero attached hydrogens (tertiary/aromatic N) is 3. The Hall–Kier alpha value is -3.44. The molecule has 2 aromatic carbocycles. The van der Waals surface area contributed by atoms with Crippen LogP contribution in [-0.4, -0.2) is 23.0 Å². The molecule has 1 radical (unpaired) electrons. The van der Waals surface area contributed by atoms with Crippen LogP contribution in [0.25, 0.3) is 44.6 Å². The van der Waals surface area contributed by atoms with E-state index in [2.05, 4.69) is 109 Å². The van der Waals surface area contributed by atoms with Gasteiger partial charge in [-0.25, -0.2) is 4.98 Å². The summed E-state index contributed by atoms with van der Waals surface area (Å²) < 4.78 is 6.13. The minimum Gasteiger partial charge on any atom is -0.486 e. The molecule has 0 bridgehead atoms. The first-order chi connectivity index (χ1) is 21.3. The summed E-state index contributed by atoms with van der Waals surface area (Å²) in [4.78, 5) is 13.9. The zero-order valence-electron chi connectivity index (χ0n) is 28.5. The van der Waals surface area contributed by atoms with Crippen LogP contribution < -0.4 is 5.19 Å². The van der Waals surface area contributed by atoms with E-state index in [9.17, 15) is 0 Å². The Labute approximate surface area is 289 Å². The van der Waals surface area contributed by atoms with Gasteiger partial charge in [0.2, 0.25) is 5.71 Å². The predicted octanol–water partition coefficient (Wildman–Crippen LogP) is 10.3. The van der Waals surface area contributed by atoms with Gasteiger partial charge in [0.15, 0.2) is 0 Å². The Kier molecular flexibility index (Phi) is 11.2. The van der Waals surface area contributed by atoms with Crippen molar-refractivity contribution in [3.63, 3.8) is 0 Å². The maximum atomic E-state index is 6.13. The van der Waals surface area contributed by atoms with Crippen molar-refractivity contribution in [3.05, 3.63) is 109 Å². The number of aromatic nitrogens is 3. The second-order valence-corrected chi connectivity index (χ2v) is 19.6. The Morgan fingerprint density at radius 3 is 2.22 bits per heavy atom. The van der Waals surface area contributed by atoms with Crippen LogP contribution in [0.1, 0.15) is 58.7 Å². The van der Waals surface area contributed by atoms with E-state index < -0.39 is 8.07 Å². The first-order valence-electron chi connectivity index (χ1n) is 15.9. The van der Waals surface area contributed by atoms with E-state index >= 15 is 0 Å². The van der Waals surface area contributed by atoms with Crippen LogP contribution in [0.2, 0.25) is 19.6 Å². The predicted molar refractivity (Wildman–Crippen MR) is 191 cm³/mol. The van der Waals surface area contributed by atoms with Gasteiger partial charge in [-0.15, -0.1) is 54.1 Å². The van der Waals surface area contributed by atoms with E-state index in [1.165, 1.54) is 10.8 Å². The SMILES string of the molecule is CC(C)(C)Cc1cc(-c2[c-]cccc2)ncc1[Si](C)(C)C.CC(C)C(C)c1ccc2c(n1)oc1c(-c3ccccn3)[c-]ccc12.[Ir]. The first-order valence-corrected chi connectivity index (χ1v) is 19.4. The van der Waals surface area contributed by atoms with E-state index in [-0.39, 0.29) is 25.5 Å². The number of pyridine rings is 3. The molecule has 4 aromatic heterocycles. The van der Waals surface area contributed by atoms with Gasteiger partial charge in [-0.05, 0) is 52.5 Å². The molecule has 1 atom stereocenters. The van der Waals surface area contributed by atoms with Crippen LogP contribution in [-0.2, 0) is 26.5 Å². The van der Waals surface area contributed by atoms with Crippen molar-refractivity contribution in [3.8, 4) is 22.5 Å². The molecule has 0 saturated carbocycles. The van der Waals surface area contributed by atoms with Crippen molar-refractivity contribution in [1.82, 2.24) is 15.0 Å². The molecular formula is C40H45IrN3OSi-2. The molecule has 0 amide bonds. The molecule has 0 aliphatic carbocycles. The average molecular weight is 804 g/mol. The molecule has 0 N–H and O–H groups in total. The minimum absolute atomic E-state index is 0.